The number of anilines is 1. The van der Waals surface area contributed by atoms with E-state index in [1.807, 2.05) is 13.0 Å². The molecule has 6 nitrogen and oxygen atoms in total. The summed E-state index contributed by atoms with van der Waals surface area (Å²) in [5, 5.41) is 0. The van der Waals surface area contributed by atoms with Gasteiger partial charge in [-0.25, -0.2) is 4.98 Å². The van der Waals surface area contributed by atoms with Gasteiger partial charge in [0.1, 0.15) is 0 Å². The van der Waals surface area contributed by atoms with Crippen LogP contribution in [0.1, 0.15) is 27.0 Å². The van der Waals surface area contributed by atoms with Crippen molar-refractivity contribution in [2.24, 2.45) is 0 Å². The average molecular weight is 292 g/mol. The molecule has 0 aliphatic carbocycles. The van der Waals surface area contributed by atoms with Crippen molar-refractivity contribution in [1.82, 2.24) is 15.4 Å². The Hall–Kier alpha value is -2.15. The van der Waals surface area contributed by atoms with Crippen LogP contribution in [0.4, 0.5) is 5.95 Å². The van der Waals surface area contributed by atoms with E-state index < -0.39 is 0 Å². The number of aromatic nitrogens is 2. The van der Waals surface area contributed by atoms with Crippen LogP contribution in [0.15, 0.2) is 18.3 Å². The van der Waals surface area contributed by atoms with Crippen molar-refractivity contribution in [1.29, 1.82) is 0 Å². The van der Waals surface area contributed by atoms with Crippen LogP contribution < -0.4 is 15.6 Å². The van der Waals surface area contributed by atoms with Crippen molar-refractivity contribution < 1.29 is 9.53 Å². The van der Waals surface area contributed by atoms with Gasteiger partial charge < -0.3 is 4.74 Å². The molecule has 0 fully saturated rings. The molecule has 0 aromatic carbocycles. The number of nitrogens with one attached hydrogen (secondary N) is 2. The number of carbonyl (C=O) groups excluding carboxylic acids is 1. The van der Waals surface area contributed by atoms with Gasteiger partial charge in [-0.05, 0) is 25.0 Å². The topological polar surface area (TPSA) is 76.1 Å². The summed E-state index contributed by atoms with van der Waals surface area (Å²) in [5.41, 5.74) is 6.43. The van der Waals surface area contributed by atoms with Gasteiger partial charge in [0.05, 0.1) is 12.0 Å². The Morgan fingerprint density at radius 1 is 1.50 bits per heavy atom. The predicted octanol–water partition coefficient (Wildman–Crippen LogP) is 2.17. The molecule has 2 aromatic heterocycles. The summed E-state index contributed by atoms with van der Waals surface area (Å²) in [6, 6.07) is 3.53. The van der Waals surface area contributed by atoms with E-state index in [0.717, 1.165) is 11.3 Å². The van der Waals surface area contributed by atoms with Gasteiger partial charge in [-0.3, -0.25) is 15.6 Å². The summed E-state index contributed by atoms with van der Waals surface area (Å²) >= 11 is 1.47. The van der Waals surface area contributed by atoms with E-state index in [-0.39, 0.29) is 11.9 Å². The van der Waals surface area contributed by atoms with Gasteiger partial charge in [-0.1, -0.05) is 6.92 Å². The highest BCUT2D eigenvalue weighted by atomic mass is 32.1. The molecule has 0 atom stereocenters. The summed E-state index contributed by atoms with van der Waals surface area (Å²) in [5.74, 6) is 0.503. The Morgan fingerprint density at radius 2 is 2.30 bits per heavy atom. The Kier molecular flexibility index (Phi) is 4.52. The largest absolute Gasteiger partial charge is 0.481 e. The lowest BCUT2D eigenvalue weighted by Crippen LogP contribution is -2.29. The van der Waals surface area contributed by atoms with Gasteiger partial charge in [0.25, 0.3) is 5.91 Å². The summed E-state index contributed by atoms with van der Waals surface area (Å²) < 4.78 is 4.98. The van der Waals surface area contributed by atoms with E-state index >= 15 is 0 Å². The molecule has 0 saturated carbocycles. The third kappa shape index (κ3) is 3.24. The number of thiophene rings is 1. The van der Waals surface area contributed by atoms with Crippen molar-refractivity contribution in [3.8, 4) is 5.88 Å². The predicted molar refractivity (Wildman–Crippen MR) is 78.1 cm³/mol. The number of carbonyl (C=O) groups is 1. The quantitative estimate of drug-likeness (QED) is 0.826. The van der Waals surface area contributed by atoms with Crippen LogP contribution in [-0.2, 0) is 6.42 Å². The Labute approximate surface area is 121 Å². The van der Waals surface area contributed by atoms with Crippen LogP contribution in [0.25, 0.3) is 0 Å². The van der Waals surface area contributed by atoms with E-state index in [2.05, 4.69) is 27.7 Å². The highest BCUT2D eigenvalue weighted by molar-refractivity contribution is 7.14. The summed E-state index contributed by atoms with van der Waals surface area (Å²) in [4.78, 5) is 21.8. The van der Waals surface area contributed by atoms with Gasteiger partial charge in [-0.15, -0.1) is 11.3 Å². The smallest absolute Gasteiger partial charge is 0.279 e. The van der Waals surface area contributed by atoms with Gasteiger partial charge >= 0.3 is 0 Å². The Morgan fingerprint density at radius 3 is 2.95 bits per heavy atom. The Bertz CT molecular complexity index is 612. The first-order valence-corrected chi connectivity index (χ1v) is 6.98. The molecule has 0 saturated heterocycles. The molecule has 0 aliphatic rings. The average Bonchev–Trinajstić information content (AvgIpc) is 2.86. The monoisotopic (exact) mass is 292 g/mol. The van der Waals surface area contributed by atoms with Crippen LogP contribution in [0, 0.1) is 6.92 Å². The molecule has 7 heteroatoms. The number of amides is 1. The van der Waals surface area contributed by atoms with Crippen molar-refractivity contribution >= 4 is 23.2 Å². The molecule has 0 radical (unpaired) electrons. The molecule has 2 heterocycles. The maximum absolute atomic E-state index is 12.0. The highest BCUT2D eigenvalue weighted by Gasteiger charge is 2.11. The molecular formula is C13H16N4O2S. The summed E-state index contributed by atoms with van der Waals surface area (Å²) in [6.07, 6.45) is 2.47. The minimum atomic E-state index is -0.204. The zero-order valence-corrected chi connectivity index (χ0v) is 12.4. The number of ether oxygens (including phenoxy) is 1. The molecule has 106 valence electrons. The van der Waals surface area contributed by atoms with E-state index in [4.69, 9.17) is 4.74 Å². The lowest BCUT2D eigenvalue weighted by Gasteiger charge is -2.06. The fourth-order valence-electron chi connectivity index (χ4n) is 1.67. The molecule has 0 spiro atoms. The number of hydrogen-bond donors (Lipinski definition) is 2. The van der Waals surface area contributed by atoms with Crippen molar-refractivity contribution in [3.05, 3.63) is 33.6 Å². The number of aryl methyl sites for hydroxylation is 2. The van der Waals surface area contributed by atoms with Crippen molar-refractivity contribution in [2.45, 2.75) is 20.3 Å². The molecular weight excluding hydrogens is 276 g/mol. The van der Waals surface area contributed by atoms with Crippen LogP contribution in [0.5, 0.6) is 5.88 Å². The summed E-state index contributed by atoms with van der Waals surface area (Å²) in [7, 11) is 1.52. The highest BCUT2D eigenvalue weighted by Crippen LogP contribution is 2.21. The lowest BCUT2D eigenvalue weighted by atomic mass is 10.2. The zero-order chi connectivity index (χ0) is 14.5. The molecule has 2 N–H and O–H groups in total. The van der Waals surface area contributed by atoms with Crippen LogP contribution in [0.3, 0.4) is 0 Å². The van der Waals surface area contributed by atoms with E-state index in [0.29, 0.717) is 10.8 Å². The van der Waals surface area contributed by atoms with Gasteiger partial charge in [0.15, 0.2) is 0 Å². The molecule has 2 aromatic rings. The molecule has 20 heavy (non-hydrogen) atoms. The number of nitrogens with zero attached hydrogens (tertiary/aromatic N) is 2. The first-order chi connectivity index (χ1) is 9.63. The second-order valence-electron chi connectivity index (χ2n) is 4.05. The van der Waals surface area contributed by atoms with Gasteiger partial charge in [0.2, 0.25) is 11.8 Å². The number of rotatable bonds is 5. The van der Waals surface area contributed by atoms with E-state index in [1.165, 1.54) is 24.0 Å². The second kappa shape index (κ2) is 6.33. The van der Waals surface area contributed by atoms with Gasteiger partial charge in [-0.2, -0.15) is 4.98 Å². The second-order valence-corrected chi connectivity index (χ2v) is 5.30. The fourth-order valence-corrected chi connectivity index (χ4v) is 2.68. The lowest BCUT2D eigenvalue weighted by molar-refractivity contribution is 0.0966. The maximum Gasteiger partial charge on any atom is 0.279 e. The first-order valence-electron chi connectivity index (χ1n) is 6.16. The van der Waals surface area contributed by atoms with Gasteiger partial charge in [0, 0.05) is 17.1 Å². The van der Waals surface area contributed by atoms with Crippen LogP contribution in [-0.4, -0.2) is 23.0 Å². The molecule has 0 unspecified atom stereocenters. The third-order valence-electron chi connectivity index (χ3n) is 2.75. The standard InChI is InChI=1S/C13H16N4O2S/c1-4-9-7-10(20-8(9)2)12(18)16-17-13-14-6-5-11(15-13)19-3/h5-7H,4H2,1-3H3,(H,16,18)(H,14,15,17). The summed E-state index contributed by atoms with van der Waals surface area (Å²) in [6.45, 7) is 4.08. The molecule has 0 bridgehead atoms. The first kappa shape index (κ1) is 14.3. The number of methoxy groups -OCH3 is 1. The molecule has 0 aliphatic heterocycles. The molecule has 2 rings (SSSR count). The minimum Gasteiger partial charge on any atom is -0.481 e. The third-order valence-corrected chi connectivity index (χ3v) is 3.84. The number of hydrogen-bond acceptors (Lipinski definition) is 6. The van der Waals surface area contributed by atoms with E-state index in [9.17, 15) is 4.79 Å². The SMILES string of the molecule is CCc1cc(C(=O)NNc2nccc(OC)n2)sc1C. The van der Waals surface area contributed by atoms with Crippen LogP contribution >= 0.6 is 11.3 Å². The zero-order valence-electron chi connectivity index (χ0n) is 11.6. The number of hydrazine groups is 1. The maximum atomic E-state index is 12.0. The molecule has 1 amide bonds. The Balaban J connectivity index is 2.00. The van der Waals surface area contributed by atoms with Crippen molar-refractivity contribution in [3.63, 3.8) is 0 Å². The van der Waals surface area contributed by atoms with Crippen LogP contribution in [0.2, 0.25) is 0 Å². The minimum absolute atomic E-state index is 0.204. The normalized spacial score (nSPS) is 10.2. The van der Waals surface area contributed by atoms with Crippen molar-refractivity contribution in [2.75, 3.05) is 12.5 Å². The van der Waals surface area contributed by atoms with E-state index in [1.54, 1.807) is 12.3 Å². The fraction of sp³-hybridized carbons (Fsp3) is 0.308.